The topological polar surface area (TPSA) is 24.9 Å². The van der Waals surface area contributed by atoms with Crippen molar-refractivity contribution in [3.63, 3.8) is 0 Å². The summed E-state index contributed by atoms with van der Waals surface area (Å²) >= 11 is 0. The van der Waals surface area contributed by atoms with Crippen LogP contribution in [0.25, 0.3) is 0 Å². The van der Waals surface area contributed by atoms with Gasteiger partial charge in [0.25, 0.3) is 0 Å². The zero-order chi connectivity index (χ0) is 11.1. The minimum Gasteiger partial charge on any atom is -0.309 e. The molecule has 0 saturated carbocycles. The monoisotopic (exact) mass is 218 g/mol. The fraction of sp³-hybridized carbons (Fsp3) is 0.500. The molecule has 15 heavy (non-hydrogen) atoms. The number of alkyl halides is 3. The van der Waals surface area contributed by atoms with Gasteiger partial charge < -0.3 is 5.32 Å². The SMILES string of the molecule is FC(F)(F)CNCCCc1cccnc1. The number of hydrogen-bond acceptors (Lipinski definition) is 2. The van der Waals surface area contributed by atoms with Gasteiger partial charge in [0.1, 0.15) is 0 Å². The molecule has 0 saturated heterocycles. The van der Waals surface area contributed by atoms with Gasteiger partial charge in [-0.1, -0.05) is 6.07 Å². The smallest absolute Gasteiger partial charge is 0.309 e. The van der Waals surface area contributed by atoms with Crippen molar-refractivity contribution in [1.29, 1.82) is 0 Å². The number of hydrogen-bond donors (Lipinski definition) is 1. The molecule has 0 aromatic carbocycles. The summed E-state index contributed by atoms with van der Waals surface area (Å²) in [7, 11) is 0. The summed E-state index contributed by atoms with van der Waals surface area (Å²) in [5.74, 6) is 0. The Hall–Kier alpha value is -1.10. The molecule has 84 valence electrons. The predicted molar refractivity (Wildman–Crippen MR) is 51.5 cm³/mol. The van der Waals surface area contributed by atoms with Crippen LogP contribution < -0.4 is 5.32 Å². The van der Waals surface area contributed by atoms with E-state index in [2.05, 4.69) is 10.3 Å². The van der Waals surface area contributed by atoms with Crippen LogP contribution in [0.2, 0.25) is 0 Å². The van der Waals surface area contributed by atoms with Gasteiger partial charge in [-0.3, -0.25) is 4.98 Å². The van der Waals surface area contributed by atoms with Crippen LogP contribution >= 0.6 is 0 Å². The molecule has 0 atom stereocenters. The molecule has 0 spiro atoms. The van der Waals surface area contributed by atoms with E-state index in [4.69, 9.17) is 0 Å². The van der Waals surface area contributed by atoms with E-state index in [9.17, 15) is 13.2 Å². The highest BCUT2D eigenvalue weighted by atomic mass is 19.4. The lowest BCUT2D eigenvalue weighted by Crippen LogP contribution is -2.29. The fourth-order valence-corrected chi connectivity index (χ4v) is 1.19. The molecule has 2 nitrogen and oxygen atoms in total. The quantitative estimate of drug-likeness (QED) is 0.766. The average molecular weight is 218 g/mol. The normalized spacial score (nSPS) is 11.7. The molecule has 1 heterocycles. The van der Waals surface area contributed by atoms with Crippen LogP contribution in [0.3, 0.4) is 0 Å². The molecule has 0 aliphatic heterocycles. The summed E-state index contributed by atoms with van der Waals surface area (Å²) in [6.45, 7) is -0.547. The van der Waals surface area contributed by atoms with Crippen molar-refractivity contribution in [3.8, 4) is 0 Å². The molecule has 5 heteroatoms. The van der Waals surface area contributed by atoms with Crippen LogP contribution in [-0.2, 0) is 6.42 Å². The standard InChI is InChI=1S/C10H13F3N2/c11-10(12,13)8-15-6-2-4-9-3-1-5-14-7-9/h1,3,5,7,15H,2,4,6,8H2. The van der Waals surface area contributed by atoms with Crippen molar-refractivity contribution >= 4 is 0 Å². The molecule has 0 aliphatic rings. The van der Waals surface area contributed by atoms with Crippen molar-refractivity contribution in [2.75, 3.05) is 13.1 Å². The zero-order valence-corrected chi connectivity index (χ0v) is 8.22. The predicted octanol–water partition coefficient (Wildman–Crippen LogP) is 2.17. The lowest BCUT2D eigenvalue weighted by atomic mass is 10.1. The highest BCUT2D eigenvalue weighted by molar-refractivity contribution is 5.08. The summed E-state index contributed by atoms with van der Waals surface area (Å²) < 4.78 is 35.2. The second kappa shape index (κ2) is 5.70. The Morgan fingerprint density at radius 2 is 2.13 bits per heavy atom. The molecule has 0 radical (unpaired) electrons. The summed E-state index contributed by atoms with van der Waals surface area (Å²) in [6, 6.07) is 3.73. The Morgan fingerprint density at radius 3 is 2.73 bits per heavy atom. The second-order valence-electron chi connectivity index (χ2n) is 3.26. The van der Waals surface area contributed by atoms with E-state index in [1.807, 2.05) is 12.1 Å². The van der Waals surface area contributed by atoms with E-state index in [0.29, 0.717) is 13.0 Å². The van der Waals surface area contributed by atoms with E-state index in [0.717, 1.165) is 12.0 Å². The van der Waals surface area contributed by atoms with Crippen LogP contribution in [-0.4, -0.2) is 24.2 Å². The van der Waals surface area contributed by atoms with Crippen LogP contribution in [0, 0.1) is 0 Å². The Labute approximate surface area is 86.5 Å². The van der Waals surface area contributed by atoms with Gasteiger partial charge >= 0.3 is 6.18 Å². The number of rotatable bonds is 5. The molecule has 1 aromatic rings. The lowest BCUT2D eigenvalue weighted by molar-refractivity contribution is -0.124. The van der Waals surface area contributed by atoms with E-state index in [1.165, 1.54) is 0 Å². The van der Waals surface area contributed by atoms with Crippen molar-refractivity contribution in [2.45, 2.75) is 19.0 Å². The van der Waals surface area contributed by atoms with Crippen molar-refractivity contribution < 1.29 is 13.2 Å². The molecule has 0 fully saturated rings. The third-order valence-electron chi connectivity index (χ3n) is 1.87. The van der Waals surface area contributed by atoms with Crippen LogP contribution in [0.4, 0.5) is 13.2 Å². The maximum atomic E-state index is 11.7. The summed E-state index contributed by atoms with van der Waals surface area (Å²) in [6.07, 6.45) is 0.712. The Bertz CT molecular complexity index is 272. The maximum Gasteiger partial charge on any atom is 0.401 e. The molecule has 0 aliphatic carbocycles. The molecule has 1 aromatic heterocycles. The lowest BCUT2D eigenvalue weighted by Gasteiger charge is -2.07. The third kappa shape index (κ3) is 6.06. The number of halogens is 3. The Morgan fingerprint density at radius 1 is 1.33 bits per heavy atom. The maximum absolute atomic E-state index is 11.7. The third-order valence-corrected chi connectivity index (χ3v) is 1.87. The summed E-state index contributed by atoms with van der Waals surface area (Å²) in [4.78, 5) is 3.92. The fourth-order valence-electron chi connectivity index (χ4n) is 1.19. The van der Waals surface area contributed by atoms with Gasteiger partial charge in [0, 0.05) is 12.4 Å². The van der Waals surface area contributed by atoms with Gasteiger partial charge in [-0.2, -0.15) is 13.2 Å². The minimum absolute atomic E-state index is 0.369. The Kier molecular flexibility index (Phi) is 4.55. The highest BCUT2D eigenvalue weighted by Crippen LogP contribution is 2.12. The summed E-state index contributed by atoms with van der Waals surface area (Å²) in [5.41, 5.74) is 1.05. The van der Waals surface area contributed by atoms with E-state index in [1.54, 1.807) is 12.4 Å². The first-order valence-corrected chi connectivity index (χ1v) is 4.74. The molecule has 1 rings (SSSR count). The summed E-state index contributed by atoms with van der Waals surface area (Å²) in [5, 5.41) is 2.35. The molecular weight excluding hydrogens is 205 g/mol. The number of aryl methyl sites for hydroxylation is 1. The average Bonchev–Trinajstić information content (AvgIpc) is 2.17. The molecule has 1 N–H and O–H groups in total. The molecule has 0 bridgehead atoms. The van der Waals surface area contributed by atoms with Crippen LogP contribution in [0.15, 0.2) is 24.5 Å². The second-order valence-corrected chi connectivity index (χ2v) is 3.26. The van der Waals surface area contributed by atoms with Gasteiger partial charge in [0.05, 0.1) is 6.54 Å². The van der Waals surface area contributed by atoms with Crippen molar-refractivity contribution in [3.05, 3.63) is 30.1 Å². The Balaban J connectivity index is 2.08. The van der Waals surface area contributed by atoms with Crippen LogP contribution in [0.1, 0.15) is 12.0 Å². The number of pyridine rings is 1. The molecule has 0 unspecified atom stereocenters. The number of nitrogens with zero attached hydrogens (tertiary/aromatic N) is 1. The number of aromatic nitrogens is 1. The van der Waals surface area contributed by atoms with Gasteiger partial charge in [-0.15, -0.1) is 0 Å². The van der Waals surface area contributed by atoms with Gasteiger partial charge in [-0.05, 0) is 31.0 Å². The first-order chi connectivity index (χ1) is 7.08. The van der Waals surface area contributed by atoms with Gasteiger partial charge in [0.2, 0.25) is 0 Å². The van der Waals surface area contributed by atoms with Gasteiger partial charge in [0.15, 0.2) is 0 Å². The highest BCUT2D eigenvalue weighted by Gasteiger charge is 2.25. The first-order valence-electron chi connectivity index (χ1n) is 4.74. The van der Waals surface area contributed by atoms with Gasteiger partial charge in [-0.25, -0.2) is 0 Å². The zero-order valence-electron chi connectivity index (χ0n) is 8.22. The van der Waals surface area contributed by atoms with Crippen molar-refractivity contribution in [1.82, 2.24) is 10.3 Å². The number of nitrogens with one attached hydrogen (secondary N) is 1. The van der Waals surface area contributed by atoms with E-state index in [-0.39, 0.29) is 0 Å². The first kappa shape index (κ1) is 12.0. The molecular formula is C10H13F3N2. The molecule has 0 amide bonds. The van der Waals surface area contributed by atoms with E-state index >= 15 is 0 Å². The largest absolute Gasteiger partial charge is 0.401 e. The van der Waals surface area contributed by atoms with E-state index < -0.39 is 12.7 Å². The van der Waals surface area contributed by atoms with Crippen LogP contribution in [0.5, 0.6) is 0 Å². The van der Waals surface area contributed by atoms with Crippen molar-refractivity contribution in [2.24, 2.45) is 0 Å². The minimum atomic E-state index is -4.12.